The molecule has 0 radical (unpaired) electrons. The van der Waals surface area contributed by atoms with Gasteiger partial charge in [0.2, 0.25) is 0 Å². The summed E-state index contributed by atoms with van der Waals surface area (Å²) >= 11 is 0. The third kappa shape index (κ3) is 5.03. The molecule has 0 spiro atoms. The fourth-order valence-corrected chi connectivity index (χ4v) is 2.66. The van der Waals surface area contributed by atoms with Gasteiger partial charge in [0.25, 0.3) is 0 Å². The second-order valence-corrected chi connectivity index (χ2v) is 5.50. The van der Waals surface area contributed by atoms with Crippen LogP contribution in [0, 0.1) is 0 Å². The molecular weight excluding hydrogens is 318 g/mol. The Morgan fingerprint density at radius 2 is 1.64 bits per heavy atom. The maximum Gasteiger partial charge on any atom is 0.165 e. The lowest BCUT2D eigenvalue weighted by atomic mass is 10.1. The van der Waals surface area contributed by atoms with Gasteiger partial charge < -0.3 is 24.3 Å². The SMILES string of the molecule is CCOc1c(CNCCc2ccc(OC)c(OC)c2)cccc1OC. The Labute approximate surface area is 149 Å². The van der Waals surface area contributed by atoms with E-state index >= 15 is 0 Å². The Morgan fingerprint density at radius 3 is 2.32 bits per heavy atom. The van der Waals surface area contributed by atoms with E-state index in [0.29, 0.717) is 6.61 Å². The number of ether oxygens (including phenoxy) is 4. The molecule has 0 atom stereocenters. The van der Waals surface area contributed by atoms with E-state index in [-0.39, 0.29) is 0 Å². The molecule has 0 saturated carbocycles. The highest BCUT2D eigenvalue weighted by molar-refractivity contribution is 5.46. The van der Waals surface area contributed by atoms with Crippen molar-refractivity contribution in [1.29, 1.82) is 0 Å². The average molecular weight is 345 g/mol. The largest absolute Gasteiger partial charge is 0.493 e. The molecule has 0 amide bonds. The van der Waals surface area contributed by atoms with Crippen molar-refractivity contribution in [3.05, 3.63) is 47.5 Å². The first kappa shape index (κ1) is 18.9. The lowest BCUT2D eigenvalue weighted by molar-refractivity contribution is 0.307. The average Bonchev–Trinajstić information content (AvgIpc) is 2.66. The van der Waals surface area contributed by atoms with Crippen LogP contribution in [0.2, 0.25) is 0 Å². The number of nitrogens with one attached hydrogen (secondary N) is 1. The molecule has 2 rings (SSSR count). The molecule has 0 unspecified atom stereocenters. The van der Waals surface area contributed by atoms with Crippen molar-refractivity contribution < 1.29 is 18.9 Å². The van der Waals surface area contributed by atoms with Gasteiger partial charge in [0.15, 0.2) is 23.0 Å². The Balaban J connectivity index is 1.93. The number of hydrogen-bond acceptors (Lipinski definition) is 5. The topological polar surface area (TPSA) is 49.0 Å². The van der Waals surface area contributed by atoms with Crippen LogP contribution in [0.5, 0.6) is 23.0 Å². The zero-order valence-electron chi connectivity index (χ0n) is 15.4. The summed E-state index contributed by atoms with van der Waals surface area (Å²) in [5, 5.41) is 3.46. The summed E-state index contributed by atoms with van der Waals surface area (Å²) in [6, 6.07) is 11.9. The van der Waals surface area contributed by atoms with Crippen LogP contribution in [0.1, 0.15) is 18.1 Å². The predicted octanol–water partition coefficient (Wildman–Crippen LogP) is 3.44. The zero-order valence-corrected chi connectivity index (χ0v) is 15.4. The van der Waals surface area contributed by atoms with E-state index in [2.05, 4.69) is 17.4 Å². The number of para-hydroxylation sites is 1. The monoisotopic (exact) mass is 345 g/mol. The van der Waals surface area contributed by atoms with E-state index in [4.69, 9.17) is 18.9 Å². The normalized spacial score (nSPS) is 10.4. The van der Waals surface area contributed by atoms with Gasteiger partial charge in [-0.2, -0.15) is 0 Å². The van der Waals surface area contributed by atoms with Crippen molar-refractivity contribution >= 4 is 0 Å². The van der Waals surface area contributed by atoms with Crippen molar-refractivity contribution in [1.82, 2.24) is 5.32 Å². The maximum absolute atomic E-state index is 5.73. The van der Waals surface area contributed by atoms with E-state index in [0.717, 1.165) is 48.1 Å². The smallest absolute Gasteiger partial charge is 0.165 e. The number of hydrogen-bond donors (Lipinski definition) is 1. The van der Waals surface area contributed by atoms with Gasteiger partial charge in [-0.1, -0.05) is 18.2 Å². The quantitative estimate of drug-likeness (QED) is 0.669. The Morgan fingerprint density at radius 1 is 0.880 bits per heavy atom. The van der Waals surface area contributed by atoms with Crippen molar-refractivity contribution in [3.8, 4) is 23.0 Å². The Bertz CT molecular complexity index is 673. The lowest BCUT2D eigenvalue weighted by Crippen LogP contribution is -2.17. The van der Waals surface area contributed by atoms with Crippen LogP contribution in [0.25, 0.3) is 0 Å². The first-order valence-corrected chi connectivity index (χ1v) is 8.43. The van der Waals surface area contributed by atoms with E-state index < -0.39 is 0 Å². The maximum atomic E-state index is 5.73. The predicted molar refractivity (Wildman–Crippen MR) is 99.1 cm³/mol. The molecule has 136 valence electrons. The van der Waals surface area contributed by atoms with Gasteiger partial charge in [0.1, 0.15) is 0 Å². The van der Waals surface area contributed by atoms with Gasteiger partial charge in [0, 0.05) is 12.1 Å². The molecule has 0 aliphatic carbocycles. The molecule has 0 saturated heterocycles. The molecule has 0 aromatic heterocycles. The van der Waals surface area contributed by atoms with Gasteiger partial charge >= 0.3 is 0 Å². The van der Waals surface area contributed by atoms with Crippen LogP contribution in [-0.2, 0) is 13.0 Å². The standard InChI is InChI=1S/C20H27NO4/c1-5-25-20-16(7-6-8-18(20)23-3)14-21-12-11-15-9-10-17(22-2)19(13-15)24-4/h6-10,13,21H,5,11-12,14H2,1-4H3. The van der Waals surface area contributed by atoms with Crippen molar-refractivity contribution in [2.75, 3.05) is 34.5 Å². The van der Waals surface area contributed by atoms with Gasteiger partial charge in [-0.25, -0.2) is 0 Å². The first-order valence-electron chi connectivity index (χ1n) is 8.43. The van der Waals surface area contributed by atoms with Crippen LogP contribution >= 0.6 is 0 Å². The molecule has 2 aromatic rings. The molecule has 5 heteroatoms. The minimum absolute atomic E-state index is 0.610. The van der Waals surface area contributed by atoms with Gasteiger partial charge in [-0.05, 0) is 43.7 Å². The molecular formula is C20H27NO4. The number of rotatable bonds is 10. The van der Waals surface area contributed by atoms with E-state index in [9.17, 15) is 0 Å². The molecule has 2 aromatic carbocycles. The van der Waals surface area contributed by atoms with E-state index in [1.807, 2.05) is 31.2 Å². The fraction of sp³-hybridized carbons (Fsp3) is 0.400. The molecule has 0 fully saturated rings. The van der Waals surface area contributed by atoms with E-state index in [1.54, 1.807) is 21.3 Å². The minimum atomic E-state index is 0.610. The van der Waals surface area contributed by atoms with Gasteiger partial charge in [0.05, 0.1) is 27.9 Å². The van der Waals surface area contributed by atoms with Crippen molar-refractivity contribution in [2.45, 2.75) is 19.9 Å². The van der Waals surface area contributed by atoms with Gasteiger partial charge in [-0.15, -0.1) is 0 Å². The van der Waals surface area contributed by atoms with Crippen LogP contribution in [0.15, 0.2) is 36.4 Å². The Kier molecular flexibility index (Phi) is 7.41. The summed E-state index contributed by atoms with van der Waals surface area (Å²) in [7, 11) is 4.95. The number of methoxy groups -OCH3 is 3. The molecule has 0 aliphatic rings. The molecule has 0 heterocycles. The summed E-state index contributed by atoms with van der Waals surface area (Å²) in [5.41, 5.74) is 2.29. The van der Waals surface area contributed by atoms with Crippen LogP contribution in [0.3, 0.4) is 0 Å². The molecule has 5 nitrogen and oxygen atoms in total. The third-order valence-corrected chi connectivity index (χ3v) is 3.92. The van der Waals surface area contributed by atoms with E-state index in [1.165, 1.54) is 5.56 Å². The van der Waals surface area contributed by atoms with Crippen molar-refractivity contribution in [3.63, 3.8) is 0 Å². The highest BCUT2D eigenvalue weighted by atomic mass is 16.5. The molecule has 0 bridgehead atoms. The second-order valence-electron chi connectivity index (χ2n) is 5.50. The summed E-state index contributed by atoms with van der Waals surface area (Å²) in [6.45, 7) is 4.15. The van der Waals surface area contributed by atoms with Crippen molar-refractivity contribution in [2.24, 2.45) is 0 Å². The van der Waals surface area contributed by atoms with Crippen LogP contribution < -0.4 is 24.3 Å². The highest BCUT2D eigenvalue weighted by Crippen LogP contribution is 2.31. The summed E-state index contributed by atoms with van der Waals surface area (Å²) in [4.78, 5) is 0. The second kappa shape index (κ2) is 9.79. The molecule has 1 N–H and O–H groups in total. The Hall–Kier alpha value is -2.40. The third-order valence-electron chi connectivity index (χ3n) is 3.92. The zero-order chi connectivity index (χ0) is 18.1. The summed E-state index contributed by atoms with van der Waals surface area (Å²) < 4.78 is 21.7. The summed E-state index contributed by atoms with van der Waals surface area (Å²) in [6.07, 6.45) is 0.897. The minimum Gasteiger partial charge on any atom is -0.493 e. The molecule has 25 heavy (non-hydrogen) atoms. The fourth-order valence-electron chi connectivity index (χ4n) is 2.66. The summed E-state index contributed by atoms with van der Waals surface area (Å²) in [5.74, 6) is 3.08. The highest BCUT2D eigenvalue weighted by Gasteiger charge is 2.10. The first-order chi connectivity index (χ1) is 12.2. The number of benzene rings is 2. The lowest BCUT2D eigenvalue weighted by Gasteiger charge is -2.14. The van der Waals surface area contributed by atoms with Crippen LogP contribution in [0.4, 0.5) is 0 Å². The van der Waals surface area contributed by atoms with Gasteiger partial charge in [-0.3, -0.25) is 0 Å². The van der Waals surface area contributed by atoms with Crippen LogP contribution in [-0.4, -0.2) is 34.5 Å². The molecule has 0 aliphatic heterocycles.